The summed E-state index contributed by atoms with van der Waals surface area (Å²) < 4.78 is 4.48. The summed E-state index contributed by atoms with van der Waals surface area (Å²) in [6.07, 6.45) is 0. The molecule has 0 amide bonds. The molecule has 0 bridgehead atoms. The minimum atomic E-state index is 0.276. The monoisotopic (exact) mass is 465 g/mol. The number of aromatic nitrogens is 2. The Hall–Kier alpha value is -2.05. The SMILES string of the molecule is c1ccc2cc(-c3nc(C4C[I-]4)nc4c3sc3ccccc34)ccc2c1. The van der Waals surface area contributed by atoms with Crippen LogP contribution in [0.1, 0.15) is 9.75 Å². The molecule has 1 fully saturated rings. The van der Waals surface area contributed by atoms with Gasteiger partial charge in [0.25, 0.3) is 0 Å². The molecule has 1 aliphatic rings. The van der Waals surface area contributed by atoms with Gasteiger partial charge in [-0.05, 0) is 0 Å². The standard InChI is InChI=1S/C22H14IN2S/c1-2-6-14-11-15(10-9-13(14)5-1)19-21-20(25-22(24-19)17-12-23-17)16-7-3-4-8-18(16)26-21/h1-11,17H,12H2/q-1. The molecule has 1 saturated heterocycles. The number of alkyl halides is 2. The van der Waals surface area contributed by atoms with Crippen molar-refractivity contribution >= 4 is 42.4 Å². The molecule has 3 aromatic carbocycles. The van der Waals surface area contributed by atoms with Gasteiger partial charge in [-0.15, -0.1) is 0 Å². The molecule has 0 N–H and O–H groups in total. The van der Waals surface area contributed by atoms with Crippen LogP contribution in [0.2, 0.25) is 0 Å². The number of benzene rings is 3. The second-order valence-electron chi connectivity index (χ2n) is 6.54. The maximum atomic E-state index is 5.06. The summed E-state index contributed by atoms with van der Waals surface area (Å²) in [5.41, 5.74) is 3.44. The van der Waals surface area contributed by atoms with E-state index in [1.165, 1.54) is 35.5 Å². The van der Waals surface area contributed by atoms with Crippen LogP contribution >= 0.6 is 11.3 Å². The van der Waals surface area contributed by atoms with Gasteiger partial charge in [-0.3, -0.25) is 0 Å². The van der Waals surface area contributed by atoms with Gasteiger partial charge in [0.15, 0.2) is 0 Å². The zero-order valence-corrected chi connectivity index (χ0v) is 16.8. The van der Waals surface area contributed by atoms with Gasteiger partial charge >= 0.3 is 166 Å². The first-order valence-electron chi connectivity index (χ1n) is 8.63. The van der Waals surface area contributed by atoms with Gasteiger partial charge in [-0.1, -0.05) is 0 Å². The summed E-state index contributed by atoms with van der Waals surface area (Å²) in [5.74, 6) is 1.07. The minimum absolute atomic E-state index is 0.276. The fraction of sp³-hybridized carbons (Fsp3) is 0.0909. The fourth-order valence-electron chi connectivity index (χ4n) is 3.46. The zero-order chi connectivity index (χ0) is 17.1. The van der Waals surface area contributed by atoms with E-state index in [2.05, 4.69) is 66.7 Å². The first-order chi connectivity index (χ1) is 12.9. The topological polar surface area (TPSA) is 25.8 Å². The van der Waals surface area contributed by atoms with Crippen LogP contribution in [0.3, 0.4) is 0 Å². The number of thiophene rings is 1. The normalized spacial score (nSPS) is 16.8. The summed E-state index contributed by atoms with van der Waals surface area (Å²) in [7, 11) is 0. The van der Waals surface area contributed by atoms with E-state index in [1.807, 2.05) is 11.3 Å². The first-order valence-corrected chi connectivity index (χ1v) is 12.2. The molecule has 0 aliphatic carbocycles. The van der Waals surface area contributed by atoms with E-state index < -0.39 is 0 Å². The number of hydrogen-bond donors (Lipinski definition) is 0. The van der Waals surface area contributed by atoms with E-state index in [0.717, 1.165) is 17.0 Å². The van der Waals surface area contributed by atoms with Gasteiger partial charge in [0.2, 0.25) is 0 Å². The van der Waals surface area contributed by atoms with Gasteiger partial charge in [0.1, 0.15) is 0 Å². The van der Waals surface area contributed by atoms with E-state index in [9.17, 15) is 0 Å². The van der Waals surface area contributed by atoms with E-state index in [4.69, 9.17) is 9.97 Å². The molecule has 4 heteroatoms. The van der Waals surface area contributed by atoms with E-state index in [1.54, 1.807) is 0 Å². The van der Waals surface area contributed by atoms with Crippen molar-refractivity contribution in [3.63, 3.8) is 0 Å². The summed E-state index contributed by atoms with van der Waals surface area (Å²) in [5, 5.41) is 3.79. The Morgan fingerprint density at radius 3 is 2.58 bits per heavy atom. The van der Waals surface area contributed by atoms with Crippen LogP contribution in [-0.4, -0.2) is 14.4 Å². The van der Waals surface area contributed by atoms with Gasteiger partial charge in [0, 0.05) is 0 Å². The Bertz CT molecular complexity index is 1300. The Morgan fingerprint density at radius 2 is 1.69 bits per heavy atom. The Morgan fingerprint density at radius 1 is 0.885 bits per heavy atom. The molecule has 126 valence electrons. The van der Waals surface area contributed by atoms with E-state index >= 15 is 0 Å². The van der Waals surface area contributed by atoms with E-state index in [-0.39, 0.29) is 21.2 Å². The Kier molecular flexibility index (Phi) is 3.31. The van der Waals surface area contributed by atoms with Crippen LogP contribution in [0.15, 0.2) is 66.7 Å². The number of rotatable bonds is 2. The molecule has 2 aromatic heterocycles. The third-order valence-electron chi connectivity index (χ3n) is 4.85. The fourth-order valence-corrected chi connectivity index (χ4v) is 5.94. The van der Waals surface area contributed by atoms with Crippen molar-refractivity contribution in [2.75, 3.05) is 4.43 Å². The number of hydrogen-bond acceptors (Lipinski definition) is 3. The van der Waals surface area contributed by atoms with Crippen LogP contribution in [0, 0.1) is 0 Å². The number of halogens is 1. The average Bonchev–Trinajstić information content (AvgIpc) is 3.48. The quantitative estimate of drug-likeness (QED) is 0.296. The van der Waals surface area contributed by atoms with Crippen LogP contribution in [0.25, 0.3) is 42.3 Å². The van der Waals surface area contributed by atoms with Crippen molar-refractivity contribution in [1.29, 1.82) is 0 Å². The van der Waals surface area contributed by atoms with Crippen molar-refractivity contribution in [1.82, 2.24) is 9.97 Å². The molecule has 3 heterocycles. The molecule has 1 unspecified atom stereocenters. The third kappa shape index (κ3) is 2.36. The zero-order valence-electron chi connectivity index (χ0n) is 13.8. The predicted molar refractivity (Wildman–Crippen MR) is 105 cm³/mol. The maximum absolute atomic E-state index is 5.06. The first kappa shape index (κ1) is 15.1. The van der Waals surface area contributed by atoms with Gasteiger partial charge in [-0.25, -0.2) is 0 Å². The molecule has 1 aliphatic heterocycles. The Labute approximate surface area is 165 Å². The molecule has 0 radical (unpaired) electrons. The van der Waals surface area contributed by atoms with Crippen LogP contribution in [0.5, 0.6) is 0 Å². The molecular formula is C22H14IN2S-. The van der Waals surface area contributed by atoms with Crippen molar-refractivity contribution in [2.45, 2.75) is 3.92 Å². The molecule has 6 rings (SSSR count). The van der Waals surface area contributed by atoms with E-state index in [0.29, 0.717) is 3.92 Å². The molecule has 0 saturated carbocycles. The molecule has 0 spiro atoms. The molecule has 26 heavy (non-hydrogen) atoms. The second-order valence-corrected chi connectivity index (χ2v) is 10.9. The number of nitrogens with zero attached hydrogens (tertiary/aromatic N) is 2. The summed E-state index contributed by atoms with van der Waals surface area (Å²) in [6, 6.07) is 23.8. The molecule has 1 atom stereocenters. The van der Waals surface area contributed by atoms with Crippen molar-refractivity contribution < 1.29 is 21.2 Å². The Balaban J connectivity index is 1.70. The average molecular weight is 465 g/mol. The summed E-state index contributed by atoms with van der Waals surface area (Å²) in [4.78, 5) is 10.1. The summed E-state index contributed by atoms with van der Waals surface area (Å²) >= 11 is 2.09. The van der Waals surface area contributed by atoms with Crippen LogP contribution in [-0.2, 0) is 0 Å². The molecule has 2 nitrogen and oxygen atoms in total. The van der Waals surface area contributed by atoms with Gasteiger partial charge in [-0.2, -0.15) is 0 Å². The third-order valence-corrected chi connectivity index (χ3v) is 8.33. The van der Waals surface area contributed by atoms with Gasteiger partial charge < -0.3 is 0 Å². The second kappa shape index (κ2) is 5.72. The molecule has 5 aromatic rings. The van der Waals surface area contributed by atoms with Crippen molar-refractivity contribution in [3.05, 3.63) is 72.6 Å². The summed E-state index contributed by atoms with van der Waals surface area (Å²) in [6.45, 7) is 0. The van der Waals surface area contributed by atoms with Gasteiger partial charge in [0.05, 0.1) is 0 Å². The van der Waals surface area contributed by atoms with Crippen LogP contribution in [0.4, 0.5) is 0 Å². The van der Waals surface area contributed by atoms with Crippen molar-refractivity contribution in [3.8, 4) is 11.3 Å². The predicted octanol–water partition coefficient (Wildman–Crippen LogP) is 2.81. The number of fused-ring (bicyclic) bond motifs is 4. The molecular weight excluding hydrogens is 451 g/mol. The van der Waals surface area contributed by atoms with Crippen molar-refractivity contribution in [2.24, 2.45) is 0 Å². The van der Waals surface area contributed by atoms with Crippen LogP contribution < -0.4 is 21.2 Å².